The van der Waals surface area contributed by atoms with E-state index in [1.165, 1.54) is 12.1 Å². The Morgan fingerprint density at radius 3 is 2.33 bits per heavy atom. The molecule has 0 saturated heterocycles. The maximum atomic E-state index is 11.9. The summed E-state index contributed by atoms with van der Waals surface area (Å²) in [6.45, 7) is 5.94. The molecule has 0 spiro atoms. The summed E-state index contributed by atoms with van der Waals surface area (Å²) in [5.74, 6) is 0.0775. The minimum Gasteiger partial charge on any atom is -0.349 e. The second-order valence-corrected chi connectivity index (χ2v) is 6.82. The van der Waals surface area contributed by atoms with Gasteiger partial charge >= 0.3 is 0 Å². The van der Waals surface area contributed by atoms with Crippen molar-refractivity contribution in [2.24, 2.45) is 5.92 Å². The van der Waals surface area contributed by atoms with E-state index in [1.807, 2.05) is 20.8 Å². The molecule has 0 saturated carbocycles. The third kappa shape index (κ3) is 3.84. The van der Waals surface area contributed by atoms with Gasteiger partial charge in [-0.2, -0.15) is 0 Å². The van der Waals surface area contributed by atoms with Gasteiger partial charge in [0.2, 0.25) is 0 Å². The molecule has 100 valence electrons. The van der Waals surface area contributed by atoms with Crippen molar-refractivity contribution in [2.75, 3.05) is 6.26 Å². The summed E-state index contributed by atoms with van der Waals surface area (Å²) in [5, 5.41) is 2.84. The average molecular weight is 269 g/mol. The van der Waals surface area contributed by atoms with Crippen LogP contribution in [0.4, 0.5) is 0 Å². The zero-order valence-electron chi connectivity index (χ0n) is 11.1. The lowest BCUT2D eigenvalue weighted by molar-refractivity contribution is 0.0930. The molecular weight excluding hydrogens is 250 g/mol. The van der Waals surface area contributed by atoms with Crippen LogP contribution in [0.5, 0.6) is 0 Å². The van der Waals surface area contributed by atoms with Gasteiger partial charge in [0.15, 0.2) is 9.84 Å². The van der Waals surface area contributed by atoms with E-state index >= 15 is 0 Å². The van der Waals surface area contributed by atoms with Crippen LogP contribution in [0.3, 0.4) is 0 Å². The first kappa shape index (κ1) is 14.7. The first-order chi connectivity index (χ1) is 8.21. The van der Waals surface area contributed by atoms with Crippen molar-refractivity contribution in [3.63, 3.8) is 0 Å². The van der Waals surface area contributed by atoms with Crippen LogP contribution in [-0.4, -0.2) is 26.6 Å². The molecule has 0 aliphatic rings. The topological polar surface area (TPSA) is 63.2 Å². The maximum Gasteiger partial charge on any atom is 0.251 e. The molecule has 0 heterocycles. The second kappa shape index (κ2) is 5.52. The Kier molecular flexibility index (Phi) is 4.51. The quantitative estimate of drug-likeness (QED) is 0.907. The summed E-state index contributed by atoms with van der Waals surface area (Å²) in [7, 11) is -3.28. The fraction of sp³-hybridized carbons (Fsp3) is 0.462. The lowest BCUT2D eigenvalue weighted by Gasteiger charge is -2.17. The van der Waals surface area contributed by atoms with E-state index in [0.717, 1.165) is 6.26 Å². The fourth-order valence-electron chi connectivity index (χ4n) is 1.32. The van der Waals surface area contributed by atoms with Crippen LogP contribution in [-0.2, 0) is 9.84 Å². The molecule has 1 amide bonds. The van der Waals surface area contributed by atoms with Gasteiger partial charge in [-0.25, -0.2) is 8.42 Å². The molecule has 1 unspecified atom stereocenters. The summed E-state index contributed by atoms with van der Waals surface area (Å²) in [5.41, 5.74) is 0.366. The molecule has 0 fully saturated rings. The summed E-state index contributed by atoms with van der Waals surface area (Å²) in [6.07, 6.45) is 1.13. The first-order valence-corrected chi connectivity index (χ1v) is 7.72. The van der Waals surface area contributed by atoms with Gasteiger partial charge in [-0.15, -0.1) is 0 Å². The number of rotatable bonds is 4. The third-order valence-electron chi connectivity index (χ3n) is 2.88. The Bertz CT molecular complexity index is 535. The van der Waals surface area contributed by atoms with Crippen molar-refractivity contribution in [2.45, 2.75) is 31.7 Å². The number of sulfone groups is 1. The smallest absolute Gasteiger partial charge is 0.251 e. The zero-order chi connectivity index (χ0) is 13.9. The molecule has 1 atom stereocenters. The summed E-state index contributed by atoms with van der Waals surface area (Å²) < 4.78 is 22.8. The van der Waals surface area contributed by atoms with Gasteiger partial charge in [0.1, 0.15) is 0 Å². The molecule has 1 rings (SSSR count). The normalized spacial score (nSPS) is 13.4. The van der Waals surface area contributed by atoms with E-state index in [2.05, 4.69) is 5.32 Å². The molecule has 18 heavy (non-hydrogen) atoms. The SMILES string of the molecule is CC(C)C(C)NC(=O)c1cccc(S(C)(=O)=O)c1. The number of carbonyl (C=O) groups is 1. The number of hydrogen-bond donors (Lipinski definition) is 1. The highest BCUT2D eigenvalue weighted by Gasteiger charge is 2.14. The first-order valence-electron chi connectivity index (χ1n) is 5.83. The predicted octanol–water partition coefficient (Wildman–Crippen LogP) is 1.86. The summed E-state index contributed by atoms with van der Waals surface area (Å²) in [4.78, 5) is 12.1. The van der Waals surface area contributed by atoms with Crippen LogP contribution in [0.15, 0.2) is 29.2 Å². The lowest BCUT2D eigenvalue weighted by Crippen LogP contribution is -2.36. The van der Waals surface area contributed by atoms with Crippen LogP contribution in [0.25, 0.3) is 0 Å². The monoisotopic (exact) mass is 269 g/mol. The second-order valence-electron chi connectivity index (χ2n) is 4.81. The van der Waals surface area contributed by atoms with Crippen LogP contribution in [0, 0.1) is 5.92 Å². The zero-order valence-corrected chi connectivity index (χ0v) is 11.9. The van der Waals surface area contributed by atoms with Crippen LogP contribution in [0.2, 0.25) is 0 Å². The highest BCUT2D eigenvalue weighted by molar-refractivity contribution is 7.90. The Morgan fingerprint density at radius 2 is 1.83 bits per heavy atom. The molecule has 0 radical (unpaired) electrons. The maximum absolute atomic E-state index is 11.9. The molecule has 0 aromatic heterocycles. The van der Waals surface area contributed by atoms with E-state index in [9.17, 15) is 13.2 Å². The number of hydrogen-bond acceptors (Lipinski definition) is 3. The lowest BCUT2D eigenvalue weighted by atomic mass is 10.1. The van der Waals surface area contributed by atoms with Gasteiger partial charge in [0.05, 0.1) is 4.90 Å². The molecule has 1 N–H and O–H groups in total. The minimum absolute atomic E-state index is 0.0411. The van der Waals surface area contributed by atoms with Crippen molar-refractivity contribution in [1.82, 2.24) is 5.32 Å². The Balaban J connectivity index is 2.94. The van der Waals surface area contributed by atoms with Gasteiger partial charge < -0.3 is 5.32 Å². The number of nitrogens with one attached hydrogen (secondary N) is 1. The highest BCUT2D eigenvalue weighted by atomic mass is 32.2. The Hall–Kier alpha value is -1.36. The van der Waals surface area contributed by atoms with Gasteiger partial charge in [-0.3, -0.25) is 4.79 Å². The van der Waals surface area contributed by atoms with Crippen LogP contribution >= 0.6 is 0 Å². The fourth-order valence-corrected chi connectivity index (χ4v) is 1.99. The minimum atomic E-state index is -3.28. The van der Waals surface area contributed by atoms with Gasteiger partial charge in [0.25, 0.3) is 5.91 Å². The summed E-state index contributed by atoms with van der Waals surface area (Å²) in [6, 6.07) is 6.11. The van der Waals surface area contributed by atoms with E-state index in [1.54, 1.807) is 12.1 Å². The standard InChI is InChI=1S/C13H19NO3S/c1-9(2)10(3)14-13(15)11-6-5-7-12(8-11)18(4,16)17/h5-10H,1-4H3,(H,14,15). The Labute approximate surface area is 108 Å². The predicted molar refractivity (Wildman–Crippen MR) is 71.3 cm³/mol. The molecule has 0 bridgehead atoms. The Morgan fingerprint density at radius 1 is 1.22 bits per heavy atom. The van der Waals surface area contributed by atoms with E-state index in [-0.39, 0.29) is 16.8 Å². The highest BCUT2D eigenvalue weighted by Crippen LogP contribution is 2.12. The number of benzene rings is 1. The molecule has 4 nitrogen and oxygen atoms in total. The molecule has 0 aliphatic carbocycles. The van der Waals surface area contributed by atoms with E-state index < -0.39 is 9.84 Å². The largest absolute Gasteiger partial charge is 0.349 e. The van der Waals surface area contributed by atoms with Crippen molar-refractivity contribution >= 4 is 15.7 Å². The van der Waals surface area contributed by atoms with Crippen LogP contribution < -0.4 is 5.32 Å². The van der Waals surface area contributed by atoms with Crippen molar-refractivity contribution < 1.29 is 13.2 Å². The molecule has 0 aliphatic heterocycles. The molecule has 5 heteroatoms. The summed E-state index contributed by atoms with van der Waals surface area (Å²) >= 11 is 0. The van der Waals surface area contributed by atoms with Crippen molar-refractivity contribution in [3.05, 3.63) is 29.8 Å². The van der Waals surface area contributed by atoms with E-state index in [4.69, 9.17) is 0 Å². The van der Waals surface area contributed by atoms with Gasteiger partial charge in [-0.1, -0.05) is 19.9 Å². The van der Waals surface area contributed by atoms with Crippen LogP contribution in [0.1, 0.15) is 31.1 Å². The van der Waals surface area contributed by atoms with E-state index in [0.29, 0.717) is 11.5 Å². The third-order valence-corrected chi connectivity index (χ3v) is 3.99. The molecule has 1 aromatic carbocycles. The number of amides is 1. The van der Waals surface area contributed by atoms with Gasteiger partial charge in [0, 0.05) is 17.9 Å². The average Bonchev–Trinajstić information content (AvgIpc) is 2.27. The van der Waals surface area contributed by atoms with Crippen molar-refractivity contribution in [1.29, 1.82) is 0 Å². The van der Waals surface area contributed by atoms with Crippen molar-refractivity contribution in [3.8, 4) is 0 Å². The molecule has 1 aromatic rings. The molecular formula is C13H19NO3S. The number of carbonyl (C=O) groups excluding carboxylic acids is 1. The van der Waals surface area contributed by atoms with Gasteiger partial charge in [-0.05, 0) is 31.0 Å².